The molecule has 0 atom stereocenters. The Morgan fingerprint density at radius 2 is 1.46 bits per heavy atom. The molecule has 1 aromatic heterocycles. The van der Waals surface area contributed by atoms with E-state index in [-0.39, 0.29) is 5.75 Å². The molecule has 0 unspecified atom stereocenters. The highest BCUT2D eigenvalue weighted by atomic mass is 16.5. The molecule has 4 aromatic rings. The number of aromatic hydroxyl groups is 1. The third-order valence-electron chi connectivity index (χ3n) is 4.24. The first-order chi connectivity index (χ1) is 11.7. The van der Waals surface area contributed by atoms with Gasteiger partial charge >= 0.3 is 0 Å². The van der Waals surface area contributed by atoms with Crippen molar-refractivity contribution in [2.24, 2.45) is 0 Å². The number of methoxy groups -OCH3 is 1. The van der Waals surface area contributed by atoms with Gasteiger partial charge in [-0.15, -0.1) is 0 Å². The van der Waals surface area contributed by atoms with Gasteiger partial charge in [0, 0.05) is 11.9 Å². The molecule has 0 aliphatic rings. The second-order valence-corrected chi connectivity index (χ2v) is 5.78. The van der Waals surface area contributed by atoms with Gasteiger partial charge in [0.2, 0.25) is 0 Å². The minimum atomic E-state index is 0.274. The zero-order valence-corrected chi connectivity index (χ0v) is 13.3. The van der Waals surface area contributed by atoms with Gasteiger partial charge in [-0.2, -0.15) is 0 Å². The van der Waals surface area contributed by atoms with Crippen molar-refractivity contribution in [1.29, 1.82) is 0 Å². The molecular weight excluding hydrogens is 298 g/mol. The summed E-state index contributed by atoms with van der Waals surface area (Å²) in [5, 5.41) is 11.7. The molecule has 3 nitrogen and oxygen atoms in total. The van der Waals surface area contributed by atoms with Crippen LogP contribution in [0.15, 0.2) is 72.9 Å². The summed E-state index contributed by atoms with van der Waals surface area (Å²) in [7, 11) is 1.68. The lowest BCUT2D eigenvalue weighted by Crippen LogP contribution is -1.82. The summed E-state index contributed by atoms with van der Waals surface area (Å²) < 4.78 is 5.28. The predicted octanol–water partition coefficient (Wildman–Crippen LogP) is 5.22. The van der Waals surface area contributed by atoms with Crippen LogP contribution in [0.1, 0.15) is 0 Å². The normalized spacial score (nSPS) is 10.9. The van der Waals surface area contributed by atoms with E-state index in [0.717, 1.165) is 33.5 Å². The number of ether oxygens (including phenoxy) is 1. The van der Waals surface area contributed by atoms with Crippen molar-refractivity contribution in [3.05, 3.63) is 72.9 Å². The van der Waals surface area contributed by atoms with E-state index in [1.54, 1.807) is 19.2 Å². The van der Waals surface area contributed by atoms with Gasteiger partial charge in [0.05, 0.1) is 7.11 Å². The standard InChI is InChI=1S/C21H17NO2/c1-24-20-9-6-15-10-16(2-3-17(15)11-20)18-12-21(22-13-18)14-4-7-19(23)8-5-14/h2-13,22-23H,1H3. The van der Waals surface area contributed by atoms with Crippen molar-refractivity contribution in [1.82, 2.24) is 4.98 Å². The second-order valence-electron chi connectivity index (χ2n) is 5.78. The molecule has 0 saturated carbocycles. The molecule has 1 heterocycles. The maximum Gasteiger partial charge on any atom is 0.119 e. The van der Waals surface area contributed by atoms with E-state index in [2.05, 4.69) is 35.3 Å². The van der Waals surface area contributed by atoms with Crippen LogP contribution in [0.5, 0.6) is 11.5 Å². The third-order valence-corrected chi connectivity index (χ3v) is 4.24. The van der Waals surface area contributed by atoms with Gasteiger partial charge in [-0.25, -0.2) is 0 Å². The van der Waals surface area contributed by atoms with Crippen molar-refractivity contribution in [3.63, 3.8) is 0 Å². The number of rotatable bonds is 3. The van der Waals surface area contributed by atoms with E-state index < -0.39 is 0 Å². The quantitative estimate of drug-likeness (QED) is 0.544. The number of hydrogen-bond donors (Lipinski definition) is 2. The van der Waals surface area contributed by atoms with Crippen LogP contribution in [0.2, 0.25) is 0 Å². The van der Waals surface area contributed by atoms with E-state index >= 15 is 0 Å². The molecule has 3 aromatic carbocycles. The Labute approximate surface area is 140 Å². The van der Waals surface area contributed by atoms with E-state index in [0.29, 0.717) is 0 Å². The molecule has 0 radical (unpaired) electrons. The lowest BCUT2D eigenvalue weighted by atomic mass is 10.0. The smallest absolute Gasteiger partial charge is 0.119 e. The fourth-order valence-corrected chi connectivity index (χ4v) is 2.90. The second kappa shape index (κ2) is 5.78. The maximum absolute atomic E-state index is 9.41. The van der Waals surface area contributed by atoms with Gasteiger partial charge in [0.1, 0.15) is 11.5 Å². The van der Waals surface area contributed by atoms with Crippen LogP contribution < -0.4 is 4.74 Å². The van der Waals surface area contributed by atoms with E-state index in [9.17, 15) is 5.11 Å². The molecule has 0 bridgehead atoms. The zero-order valence-electron chi connectivity index (χ0n) is 13.3. The van der Waals surface area contributed by atoms with Gasteiger partial charge in [0.25, 0.3) is 0 Å². The number of phenolic OH excluding ortho intramolecular Hbond substituents is 1. The number of hydrogen-bond acceptors (Lipinski definition) is 2. The van der Waals surface area contributed by atoms with E-state index in [1.165, 1.54) is 5.39 Å². The summed E-state index contributed by atoms with van der Waals surface area (Å²) in [5.41, 5.74) is 4.37. The fraction of sp³-hybridized carbons (Fsp3) is 0.0476. The molecule has 0 fully saturated rings. The molecule has 24 heavy (non-hydrogen) atoms. The highest BCUT2D eigenvalue weighted by molar-refractivity contribution is 5.88. The summed E-state index contributed by atoms with van der Waals surface area (Å²) in [4.78, 5) is 3.30. The Morgan fingerprint density at radius 3 is 2.25 bits per heavy atom. The topological polar surface area (TPSA) is 45.2 Å². The highest BCUT2D eigenvalue weighted by Crippen LogP contribution is 2.30. The number of aromatic amines is 1. The molecule has 0 saturated heterocycles. The largest absolute Gasteiger partial charge is 0.508 e. The molecule has 2 N–H and O–H groups in total. The SMILES string of the molecule is COc1ccc2cc(-c3c[nH]c(-c4ccc(O)cc4)c3)ccc2c1. The first kappa shape index (κ1) is 14.4. The van der Waals surface area contributed by atoms with Crippen LogP contribution >= 0.6 is 0 Å². The van der Waals surface area contributed by atoms with Crippen molar-refractivity contribution >= 4 is 10.8 Å². The van der Waals surface area contributed by atoms with Crippen LogP contribution in [0.4, 0.5) is 0 Å². The van der Waals surface area contributed by atoms with Crippen molar-refractivity contribution in [2.45, 2.75) is 0 Å². The maximum atomic E-state index is 9.41. The number of H-pyrrole nitrogens is 1. The molecule has 0 aliphatic heterocycles. The molecule has 4 rings (SSSR count). The van der Waals surface area contributed by atoms with Gasteiger partial charge in [-0.1, -0.05) is 18.2 Å². The minimum absolute atomic E-state index is 0.274. The lowest BCUT2D eigenvalue weighted by Gasteiger charge is -2.04. The molecule has 118 valence electrons. The van der Waals surface area contributed by atoms with Crippen molar-refractivity contribution < 1.29 is 9.84 Å². The van der Waals surface area contributed by atoms with Crippen molar-refractivity contribution in [2.75, 3.05) is 7.11 Å². The average molecular weight is 315 g/mol. The molecule has 0 spiro atoms. The van der Waals surface area contributed by atoms with Crippen LogP contribution in [0.25, 0.3) is 33.2 Å². The zero-order chi connectivity index (χ0) is 16.5. The van der Waals surface area contributed by atoms with E-state index in [4.69, 9.17) is 4.74 Å². The Kier molecular flexibility index (Phi) is 3.47. The van der Waals surface area contributed by atoms with Crippen LogP contribution in [0.3, 0.4) is 0 Å². The lowest BCUT2D eigenvalue weighted by molar-refractivity contribution is 0.415. The van der Waals surface area contributed by atoms with Crippen LogP contribution in [-0.4, -0.2) is 17.2 Å². The number of aromatic nitrogens is 1. The van der Waals surface area contributed by atoms with Crippen LogP contribution in [0, 0.1) is 0 Å². The monoisotopic (exact) mass is 315 g/mol. The Balaban J connectivity index is 1.71. The first-order valence-corrected chi connectivity index (χ1v) is 7.79. The van der Waals surface area contributed by atoms with Gasteiger partial charge < -0.3 is 14.8 Å². The van der Waals surface area contributed by atoms with Gasteiger partial charge in [-0.05, 0) is 76.0 Å². The summed E-state index contributed by atoms with van der Waals surface area (Å²) in [5.74, 6) is 1.14. The summed E-state index contributed by atoms with van der Waals surface area (Å²) >= 11 is 0. The highest BCUT2D eigenvalue weighted by Gasteiger charge is 2.06. The Bertz CT molecular complexity index is 1000. The molecule has 3 heteroatoms. The van der Waals surface area contributed by atoms with Gasteiger partial charge in [-0.3, -0.25) is 0 Å². The minimum Gasteiger partial charge on any atom is -0.508 e. The summed E-state index contributed by atoms with van der Waals surface area (Å²) in [6.45, 7) is 0. The fourth-order valence-electron chi connectivity index (χ4n) is 2.90. The average Bonchev–Trinajstić information content (AvgIpc) is 3.11. The number of benzene rings is 3. The predicted molar refractivity (Wildman–Crippen MR) is 97.4 cm³/mol. The number of nitrogens with one attached hydrogen (secondary N) is 1. The van der Waals surface area contributed by atoms with Gasteiger partial charge in [0.15, 0.2) is 0 Å². The van der Waals surface area contributed by atoms with Crippen LogP contribution in [-0.2, 0) is 0 Å². The summed E-state index contributed by atoms with van der Waals surface area (Å²) in [6, 6.07) is 21.8. The Hall–Kier alpha value is -3.20. The van der Waals surface area contributed by atoms with E-state index in [1.807, 2.05) is 30.5 Å². The molecular formula is C21H17NO2. The molecule has 0 aliphatic carbocycles. The Morgan fingerprint density at radius 1 is 0.750 bits per heavy atom. The third kappa shape index (κ3) is 2.61. The first-order valence-electron chi connectivity index (χ1n) is 7.79. The number of phenols is 1. The van der Waals surface area contributed by atoms with Crippen molar-refractivity contribution in [3.8, 4) is 33.9 Å². The molecule has 0 amide bonds. The summed E-state index contributed by atoms with van der Waals surface area (Å²) in [6.07, 6.45) is 2.01. The number of fused-ring (bicyclic) bond motifs is 1.